The van der Waals surface area contributed by atoms with Crippen LogP contribution in [0.2, 0.25) is 0 Å². The summed E-state index contributed by atoms with van der Waals surface area (Å²) >= 11 is 1.59. The van der Waals surface area contributed by atoms with Crippen LogP contribution in [0.15, 0.2) is 0 Å². The maximum absolute atomic E-state index is 12.4. The Morgan fingerprint density at radius 2 is 2.30 bits per heavy atom. The molecule has 2 rings (SSSR count). The fourth-order valence-corrected chi connectivity index (χ4v) is 3.53. The predicted octanol–water partition coefficient (Wildman–Crippen LogP) is 2.98. The molecule has 2 heterocycles. The molecule has 1 aromatic rings. The summed E-state index contributed by atoms with van der Waals surface area (Å²) in [5.74, 6) is 0.832. The Hall–Kier alpha value is -0.940. The molecular weight excluding hydrogens is 270 g/mol. The highest BCUT2D eigenvalue weighted by Crippen LogP contribution is 2.28. The highest BCUT2D eigenvalue weighted by atomic mass is 32.1. The van der Waals surface area contributed by atoms with Gasteiger partial charge in [-0.3, -0.25) is 4.79 Å². The van der Waals surface area contributed by atoms with E-state index < -0.39 is 0 Å². The van der Waals surface area contributed by atoms with Crippen molar-refractivity contribution in [3.63, 3.8) is 0 Å². The highest BCUT2D eigenvalue weighted by molar-refractivity contribution is 7.16. The fourth-order valence-electron chi connectivity index (χ4n) is 2.68. The van der Waals surface area contributed by atoms with Crippen LogP contribution in [0.3, 0.4) is 0 Å². The topological polar surface area (TPSA) is 54.0 Å². The zero-order valence-corrected chi connectivity index (χ0v) is 13.6. The van der Waals surface area contributed by atoms with Crippen molar-refractivity contribution in [1.82, 2.24) is 10.3 Å². The fraction of sp³-hybridized carbons (Fsp3) is 0.733. The van der Waals surface area contributed by atoms with Gasteiger partial charge < -0.3 is 10.6 Å². The van der Waals surface area contributed by atoms with Crippen molar-refractivity contribution >= 4 is 22.2 Å². The first-order chi connectivity index (χ1) is 9.45. The second-order valence-corrected chi connectivity index (χ2v) is 7.38. The molecule has 0 saturated carbocycles. The summed E-state index contributed by atoms with van der Waals surface area (Å²) in [7, 11) is 0. The standard InChI is InChI=1S/C15H25N3OS/c1-9(2)7-13-15(20-11(4)17-13)18-14(19)12-5-6-16-10(3)8-12/h9-10,12,16H,5-8H2,1-4H3,(H,18,19)/t10-,12-/m0/s1. The van der Waals surface area contributed by atoms with Crippen molar-refractivity contribution in [2.24, 2.45) is 11.8 Å². The van der Waals surface area contributed by atoms with Crippen LogP contribution >= 0.6 is 11.3 Å². The lowest BCUT2D eigenvalue weighted by molar-refractivity contribution is -0.120. The Morgan fingerprint density at radius 1 is 1.55 bits per heavy atom. The van der Waals surface area contributed by atoms with E-state index in [-0.39, 0.29) is 11.8 Å². The number of carbonyl (C=O) groups is 1. The minimum absolute atomic E-state index is 0.126. The molecule has 4 nitrogen and oxygen atoms in total. The van der Waals surface area contributed by atoms with Gasteiger partial charge in [0, 0.05) is 12.0 Å². The molecule has 112 valence electrons. The number of thiazole rings is 1. The minimum atomic E-state index is 0.126. The minimum Gasteiger partial charge on any atom is -0.316 e. The zero-order valence-electron chi connectivity index (χ0n) is 12.8. The molecule has 1 amide bonds. The number of carbonyl (C=O) groups excluding carboxylic acids is 1. The second-order valence-electron chi connectivity index (χ2n) is 6.17. The van der Waals surface area contributed by atoms with E-state index in [1.807, 2.05) is 6.92 Å². The average molecular weight is 295 g/mol. The van der Waals surface area contributed by atoms with E-state index in [0.29, 0.717) is 12.0 Å². The smallest absolute Gasteiger partial charge is 0.228 e. The Balaban J connectivity index is 2.03. The molecule has 1 saturated heterocycles. The van der Waals surface area contributed by atoms with Gasteiger partial charge >= 0.3 is 0 Å². The van der Waals surface area contributed by atoms with Crippen LogP contribution in [-0.4, -0.2) is 23.5 Å². The van der Waals surface area contributed by atoms with Crippen LogP contribution in [0, 0.1) is 18.8 Å². The van der Waals surface area contributed by atoms with E-state index in [0.717, 1.165) is 41.5 Å². The van der Waals surface area contributed by atoms with Gasteiger partial charge in [0.25, 0.3) is 0 Å². The summed E-state index contributed by atoms with van der Waals surface area (Å²) in [5.41, 5.74) is 1.04. The van der Waals surface area contributed by atoms with Crippen LogP contribution in [0.5, 0.6) is 0 Å². The largest absolute Gasteiger partial charge is 0.316 e. The van der Waals surface area contributed by atoms with Crippen LogP contribution < -0.4 is 10.6 Å². The first kappa shape index (κ1) is 15.4. The van der Waals surface area contributed by atoms with Crippen LogP contribution in [0.25, 0.3) is 0 Å². The maximum Gasteiger partial charge on any atom is 0.228 e. The molecule has 1 aliphatic heterocycles. The second kappa shape index (κ2) is 6.68. The zero-order chi connectivity index (χ0) is 14.7. The van der Waals surface area contributed by atoms with Crippen molar-refractivity contribution in [2.75, 3.05) is 11.9 Å². The van der Waals surface area contributed by atoms with Gasteiger partial charge in [-0.05, 0) is 45.6 Å². The van der Waals surface area contributed by atoms with Crippen molar-refractivity contribution in [2.45, 2.75) is 53.0 Å². The van der Waals surface area contributed by atoms with Crippen molar-refractivity contribution in [3.05, 3.63) is 10.7 Å². The van der Waals surface area contributed by atoms with Gasteiger partial charge in [0.1, 0.15) is 5.00 Å². The van der Waals surface area contributed by atoms with Crippen LogP contribution in [-0.2, 0) is 11.2 Å². The molecule has 1 aromatic heterocycles. The summed E-state index contributed by atoms with van der Waals surface area (Å²) in [6, 6.07) is 0.429. The molecule has 1 aliphatic rings. The molecule has 0 unspecified atom stereocenters. The number of hydrogen-bond donors (Lipinski definition) is 2. The predicted molar refractivity (Wildman–Crippen MR) is 84.2 cm³/mol. The Labute approximate surface area is 125 Å². The van der Waals surface area contributed by atoms with Crippen molar-refractivity contribution in [3.8, 4) is 0 Å². The third-order valence-electron chi connectivity index (χ3n) is 3.64. The van der Waals surface area contributed by atoms with Gasteiger partial charge in [-0.1, -0.05) is 13.8 Å². The summed E-state index contributed by atoms with van der Waals surface area (Å²) in [5, 5.41) is 8.47. The molecular formula is C15H25N3OS. The van der Waals surface area contributed by atoms with Crippen molar-refractivity contribution < 1.29 is 4.79 Å². The highest BCUT2D eigenvalue weighted by Gasteiger charge is 2.25. The summed E-state index contributed by atoms with van der Waals surface area (Å²) < 4.78 is 0. The molecule has 1 fully saturated rings. The van der Waals surface area contributed by atoms with E-state index in [9.17, 15) is 4.79 Å². The summed E-state index contributed by atoms with van der Waals surface area (Å²) in [6.45, 7) is 9.42. The normalized spacial score (nSPS) is 23.1. The molecule has 0 aromatic carbocycles. The average Bonchev–Trinajstić information content (AvgIpc) is 2.68. The molecule has 0 radical (unpaired) electrons. The number of amides is 1. The SMILES string of the molecule is Cc1nc(CC(C)C)c(NC(=O)[C@H]2CCN[C@@H](C)C2)s1. The lowest BCUT2D eigenvalue weighted by Gasteiger charge is -2.27. The van der Waals surface area contributed by atoms with E-state index in [4.69, 9.17) is 0 Å². The lowest BCUT2D eigenvalue weighted by atomic mass is 9.92. The number of rotatable bonds is 4. The van der Waals surface area contributed by atoms with E-state index >= 15 is 0 Å². The van der Waals surface area contributed by atoms with Gasteiger partial charge in [0.15, 0.2) is 0 Å². The van der Waals surface area contributed by atoms with E-state index in [2.05, 4.69) is 36.4 Å². The number of aromatic nitrogens is 1. The third kappa shape index (κ3) is 4.03. The van der Waals surface area contributed by atoms with Gasteiger partial charge in [-0.15, -0.1) is 11.3 Å². The molecule has 2 N–H and O–H groups in total. The number of nitrogens with zero attached hydrogens (tertiary/aromatic N) is 1. The van der Waals surface area contributed by atoms with Crippen LogP contribution in [0.1, 0.15) is 44.3 Å². The number of nitrogens with one attached hydrogen (secondary N) is 2. The van der Waals surface area contributed by atoms with Crippen LogP contribution in [0.4, 0.5) is 5.00 Å². The van der Waals surface area contributed by atoms with E-state index in [1.165, 1.54) is 0 Å². The lowest BCUT2D eigenvalue weighted by Crippen LogP contribution is -2.40. The number of aryl methyl sites for hydroxylation is 1. The van der Waals surface area contributed by atoms with Gasteiger partial charge in [0.2, 0.25) is 5.91 Å². The number of anilines is 1. The Morgan fingerprint density at radius 3 is 2.95 bits per heavy atom. The Kier molecular flexibility index (Phi) is 5.16. The van der Waals surface area contributed by atoms with Gasteiger partial charge in [-0.2, -0.15) is 0 Å². The quantitative estimate of drug-likeness (QED) is 0.898. The molecule has 2 atom stereocenters. The molecule has 20 heavy (non-hydrogen) atoms. The maximum atomic E-state index is 12.4. The first-order valence-corrected chi connectivity index (χ1v) is 8.28. The van der Waals surface area contributed by atoms with Crippen molar-refractivity contribution in [1.29, 1.82) is 0 Å². The van der Waals surface area contributed by atoms with Gasteiger partial charge in [-0.25, -0.2) is 4.98 Å². The monoisotopic (exact) mass is 295 g/mol. The first-order valence-electron chi connectivity index (χ1n) is 7.46. The van der Waals surface area contributed by atoms with E-state index in [1.54, 1.807) is 11.3 Å². The molecule has 0 spiro atoms. The Bertz CT molecular complexity index is 470. The molecule has 0 bridgehead atoms. The number of hydrogen-bond acceptors (Lipinski definition) is 4. The summed E-state index contributed by atoms with van der Waals surface area (Å²) in [6.07, 6.45) is 2.76. The number of piperidine rings is 1. The third-order valence-corrected chi connectivity index (χ3v) is 4.57. The molecule has 5 heteroatoms. The molecule has 0 aliphatic carbocycles. The summed E-state index contributed by atoms with van der Waals surface area (Å²) in [4.78, 5) is 17.0. The van der Waals surface area contributed by atoms with Gasteiger partial charge in [0.05, 0.1) is 10.7 Å².